The average Bonchev–Trinajstić information content (AvgIpc) is 3.12. The zero-order valence-electron chi connectivity index (χ0n) is 18.0. The van der Waals surface area contributed by atoms with Crippen LogP contribution < -0.4 is 15.5 Å². The highest BCUT2D eigenvalue weighted by Crippen LogP contribution is 2.60. The molecule has 7 heteroatoms. The van der Waals surface area contributed by atoms with Crippen molar-refractivity contribution in [3.63, 3.8) is 0 Å². The zero-order chi connectivity index (χ0) is 21.8. The van der Waals surface area contributed by atoms with Gasteiger partial charge >= 0.3 is 0 Å². The Labute approximate surface area is 188 Å². The van der Waals surface area contributed by atoms with Gasteiger partial charge in [0.15, 0.2) is 0 Å². The molecule has 1 unspecified atom stereocenters. The van der Waals surface area contributed by atoms with E-state index in [2.05, 4.69) is 10.6 Å². The molecule has 6 rings (SSSR count). The summed E-state index contributed by atoms with van der Waals surface area (Å²) in [5, 5.41) is 6.27. The van der Waals surface area contributed by atoms with E-state index in [4.69, 9.17) is 11.6 Å². The van der Waals surface area contributed by atoms with Gasteiger partial charge in [0.1, 0.15) is 6.04 Å². The van der Waals surface area contributed by atoms with E-state index in [0.29, 0.717) is 47.1 Å². The highest BCUT2D eigenvalue weighted by molar-refractivity contribution is 6.34. The first-order chi connectivity index (χ1) is 14.8. The van der Waals surface area contributed by atoms with E-state index < -0.39 is 6.04 Å². The summed E-state index contributed by atoms with van der Waals surface area (Å²) in [6.45, 7) is 2.39. The van der Waals surface area contributed by atoms with Gasteiger partial charge in [-0.1, -0.05) is 11.6 Å². The van der Waals surface area contributed by atoms with Gasteiger partial charge in [-0.15, -0.1) is 0 Å². The molecule has 1 heterocycles. The van der Waals surface area contributed by atoms with E-state index in [-0.39, 0.29) is 23.1 Å². The minimum Gasteiger partial charge on any atom is -0.344 e. The zero-order valence-corrected chi connectivity index (χ0v) is 18.7. The van der Waals surface area contributed by atoms with Gasteiger partial charge in [0, 0.05) is 24.1 Å². The molecule has 3 amide bonds. The summed E-state index contributed by atoms with van der Waals surface area (Å²) in [5.74, 6) is 1.91. The molecule has 6 nitrogen and oxygen atoms in total. The van der Waals surface area contributed by atoms with Crippen LogP contribution in [0.2, 0.25) is 5.02 Å². The lowest BCUT2D eigenvalue weighted by molar-refractivity contribution is -0.147. The molecule has 31 heavy (non-hydrogen) atoms. The van der Waals surface area contributed by atoms with Crippen LogP contribution in [0.1, 0.15) is 58.3 Å². The highest BCUT2D eigenvalue weighted by Gasteiger charge is 2.54. The number of anilines is 2. The second kappa shape index (κ2) is 7.80. The van der Waals surface area contributed by atoms with Crippen LogP contribution in [0.3, 0.4) is 0 Å². The van der Waals surface area contributed by atoms with Gasteiger partial charge in [0.2, 0.25) is 17.7 Å². The molecule has 4 bridgehead atoms. The molecule has 166 valence electrons. The lowest BCUT2D eigenvalue weighted by atomic mass is 9.49. The van der Waals surface area contributed by atoms with Gasteiger partial charge in [-0.3, -0.25) is 14.4 Å². The average molecular weight is 444 g/mol. The largest absolute Gasteiger partial charge is 0.344 e. The number of rotatable bonds is 5. The Hall–Kier alpha value is -2.08. The van der Waals surface area contributed by atoms with Crippen molar-refractivity contribution < 1.29 is 14.4 Å². The number of carbonyl (C=O) groups excluding carboxylic acids is 3. The number of hydrogen-bond donors (Lipinski definition) is 2. The Kier molecular flexibility index (Phi) is 5.24. The molecule has 1 saturated heterocycles. The Morgan fingerprint density at radius 1 is 1.13 bits per heavy atom. The smallest absolute Gasteiger partial charge is 0.246 e. The number of hydrogen-bond acceptors (Lipinski definition) is 3. The fraction of sp³-hybridized carbons (Fsp3) is 0.625. The molecule has 4 saturated carbocycles. The van der Waals surface area contributed by atoms with E-state index in [9.17, 15) is 14.4 Å². The topological polar surface area (TPSA) is 78.5 Å². The first kappa shape index (κ1) is 20.8. The predicted octanol–water partition coefficient (Wildman–Crippen LogP) is 4.13. The van der Waals surface area contributed by atoms with Gasteiger partial charge in [-0.25, -0.2) is 0 Å². The monoisotopic (exact) mass is 443 g/mol. The number of halogens is 1. The second-order valence-electron chi connectivity index (χ2n) is 10.2. The van der Waals surface area contributed by atoms with Crippen molar-refractivity contribution in [2.45, 2.75) is 64.3 Å². The molecule has 5 aliphatic rings. The van der Waals surface area contributed by atoms with E-state index >= 15 is 0 Å². The standard InChI is InChI=1S/C24H30ClN3O3/c1-14(26-23(31)24-11-15-7-16(12-24)9-17(8-15)13-24)22(30)27-18-4-5-20(19(25)10-18)28-6-2-3-21(28)29/h4-5,10,14-17H,2-3,6-9,11-13H2,1H3,(H,26,31)(H,27,30). The van der Waals surface area contributed by atoms with Crippen LogP contribution in [0.15, 0.2) is 18.2 Å². The summed E-state index contributed by atoms with van der Waals surface area (Å²) in [5.41, 5.74) is 0.961. The number of amides is 3. The summed E-state index contributed by atoms with van der Waals surface area (Å²) in [4.78, 5) is 39.6. The number of carbonyl (C=O) groups is 3. The van der Waals surface area contributed by atoms with Crippen LogP contribution in [-0.2, 0) is 14.4 Å². The minimum atomic E-state index is -0.626. The summed E-state index contributed by atoms with van der Waals surface area (Å²) < 4.78 is 0. The number of benzene rings is 1. The Bertz CT molecular complexity index is 895. The minimum absolute atomic E-state index is 0.0511. The molecule has 1 aromatic carbocycles. The van der Waals surface area contributed by atoms with E-state index in [1.54, 1.807) is 30.0 Å². The predicted molar refractivity (Wildman–Crippen MR) is 120 cm³/mol. The third-order valence-electron chi connectivity index (χ3n) is 7.84. The third kappa shape index (κ3) is 3.84. The molecule has 4 aliphatic carbocycles. The highest BCUT2D eigenvalue weighted by atomic mass is 35.5. The van der Waals surface area contributed by atoms with Crippen molar-refractivity contribution in [3.8, 4) is 0 Å². The van der Waals surface area contributed by atoms with Crippen LogP contribution in [0.4, 0.5) is 11.4 Å². The first-order valence-corrected chi connectivity index (χ1v) is 11.9. The van der Waals surface area contributed by atoms with E-state index in [1.807, 2.05) is 0 Å². The van der Waals surface area contributed by atoms with Crippen LogP contribution in [0, 0.1) is 23.2 Å². The maximum atomic E-state index is 13.2. The molecule has 1 aromatic rings. The van der Waals surface area contributed by atoms with Crippen molar-refractivity contribution >= 4 is 40.7 Å². The van der Waals surface area contributed by atoms with Crippen molar-refractivity contribution in [1.29, 1.82) is 0 Å². The summed E-state index contributed by atoms with van der Waals surface area (Å²) in [6, 6.07) is 4.55. The normalized spacial score (nSPS) is 32.3. The Balaban J connectivity index is 1.21. The maximum Gasteiger partial charge on any atom is 0.246 e. The van der Waals surface area contributed by atoms with Crippen molar-refractivity contribution in [2.75, 3.05) is 16.8 Å². The molecular formula is C24H30ClN3O3. The van der Waals surface area contributed by atoms with Crippen LogP contribution in [-0.4, -0.2) is 30.3 Å². The quantitative estimate of drug-likeness (QED) is 0.718. The Morgan fingerprint density at radius 3 is 2.32 bits per heavy atom. The third-order valence-corrected chi connectivity index (χ3v) is 8.14. The van der Waals surface area contributed by atoms with Gasteiger partial charge in [0.05, 0.1) is 10.7 Å². The van der Waals surface area contributed by atoms with Gasteiger partial charge < -0.3 is 15.5 Å². The van der Waals surface area contributed by atoms with Gasteiger partial charge in [0.25, 0.3) is 0 Å². The van der Waals surface area contributed by atoms with Gasteiger partial charge in [-0.2, -0.15) is 0 Å². The summed E-state index contributed by atoms with van der Waals surface area (Å²) in [7, 11) is 0. The van der Waals surface area contributed by atoms with E-state index in [1.165, 1.54) is 19.3 Å². The molecule has 0 aromatic heterocycles. The summed E-state index contributed by atoms with van der Waals surface area (Å²) >= 11 is 6.38. The second-order valence-corrected chi connectivity index (χ2v) is 10.6. The first-order valence-electron chi connectivity index (χ1n) is 11.5. The van der Waals surface area contributed by atoms with Crippen LogP contribution in [0.25, 0.3) is 0 Å². The van der Waals surface area contributed by atoms with Crippen LogP contribution >= 0.6 is 11.6 Å². The fourth-order valence-electron chi connectivity index (χ4n) is 6.76. The number of nitrogens with one attached hydrogen (secondary N) is 2. The molecular weight excluding hydrogens is 414 g/mol. The fourth-order valence-corrected chi connectivity index (χ4v) is 7.04. The lowest BCUT2D eigenvalue weighted by Crippen LogP contribution is -2.56. The summed E-state index contributed by atoms with van der Waals surface area (Å²) in [6.07, 6.45) is 8.14. The molecule has 2 N–H and O–H groups in total. The molecule has 5 fully saturated rings. The van der Waals surface area contributed by atoms with E-state index in [0.717, 1.165) is 25.7 Å². The molecule has 0 radical (unpaired) electrons. The van der Waals surface area contributed by atoms with Crippen molar-refractivity contribution in [2.24, 2.45) is 23.2 Å². The molecule has 0 spiro atoms. The molecule has 1 atom stereocenters. The van der Waals surface area contributed by atoms with Crippen molar-refractivity contribution in [1.82, 2.24) is 5.32 Å². The van der Waals surface area contributed by atoms with Crippen molar-refractivity contribution in [3.05, 3.63) is 23.2 Å². The van der Waals surface area contributed by atoms with Crippen LogP contribution in [0.5, 0.6) is 0 Å². The lowest BCUT2D eigenvalue weighted by Gasteiger charge is -2.55. The maximum absolute atomic E-state index is 13.2. The SMILES string of the molecule is CC(NC(=O)C12CC3CC(CC(C3)C1)C2)C(=O)Nc1ccc(N2CCCC2=O)c(Cl)c1. The Morgan fingerprint density at radius 2 is 1.77 bits per heavy atom. The van der Waals surface area contributed by atoms with Gasteiger partial charge in [-0.05, 0) is 87.8 Å². The molecule has 1 aliphatic heterocycles. The number of nitrogens with zero attached hydrogens (tertiary/aromatic N) is 1.